The van der Waals surface area contributed by atoms with Gasteiger partial charge in [0.15, 0.2) is 0 Å². The zero-order valence-corrected chi connectivity index (χ0v) is 14.6. The standard InChI is InChI=1S/C15H25F3N2O5/c1-14(2,3)25-13(23)20-6-4-5-10(20)7-24-8-11(12(21)22)19-9-15(16,17)18/h10-11,19H,4-9H2,1-3H3,(H,21,22)/t10-,11?/m1/s1. The molecule has 0 aromatic carbocycles. The summed E-state index contributed by atoms with van der Waals surface area (Å²) in [6, 6.07) is -1.76. The lowest BCUT2D eigenvalue weighted by Crippen LogP contribution is -2.46. The second-order valence-corrected chi connectivity index (χ2v) is 6.89. The summed E-state index contributed by atoms with van der Waals surface area (Å²) in [5.74, 6) is -1.43. The number of halogens is 3. The van der Waals surface area contributed by atoms with E-state index in [1.54, 1.807) is 20.8 Å². The fourth-order valence-electron chi connectivity index (χ4n) is 2.35. The van der Waals surface area contributed by atoms with E-state index in [9.17, 15) is 22.8 Å². The molecule has 0 aromatic heterocycles. The molecule has 1 aliphatic rings. The molecular weight excluding hydrogens is 345 g/mol. The number of carboxylic acid groups (broad SMARTS) is 1. The largest absolute Gasteiger partial charge is 0.480 e. The van der Waals surface area contributed by atoms with Crippen LogP contribution in [0.5, 0.6) is 0 Å². The zero-order chi connectivity index (χ0) is 19.3. The molecular formula is C15H25F3N2O5. The van der Waals surface area contributed by atoms with Crippen LogP contribution in [-0.4, -0.2) is 72.2 Å². The molecule has 1 aliphatic heterocycles. The second-order valence-electron chi connectivity index (χ2n) is 6.89. The number of carboxylic acids is 1. The Morgan fingerprint density at radius 2 is 1.96 bits per heavy atom. The third kappa shape index (κ3) is 8.39. The first kappa shape index (κ1) is 21.5. The van der Waals surface area contributed by atoms with Gasteiger partial charge in [0.05, 0.1) is 25.8 Å². The molecule has 0 bridgehead atoms. The van der Waals surface area contributed by atoms with E-state index in [-0.39, 0.29) is 12.6 Å². The quantitative estimate of drug-likeness (QED) is 0.713. The van der Waals surface area contributed by atoms with E-state index in [4.69, 9.17) is 14.6 Å². The topological polar surface area (TPSA) is 88.1 Å². The minimum Gasteiger partial charge on any atom is -0.480 e. The highest BCUT2D eigenvalue weighted by Gasteiger charge is 2.33. The van der Waals surface area contributed by atoms with E-state index in [0.717, 1.165) is 6.42 Å². The number of carbonyl (C=O) groups is 2. The number of likely N-dealkylation sites (tertiary alicyclic amines) is 1. The van der Waals surface area contributed by atoms with Crippen molar-refractivity contribution in [1.82, 2.24) is 10.2 Å². The molecule has 0 radical (unpaired) electrons. The van der Waals surface area contributed by atoms with Crippen molar-refractivity contribution in [1.29, 1.82) is 0 Å². The lowest BCUT2D eigenvalue weighted by Gasteiger charge is -2.28. The number of nitrogens with one attached hydrogen (secondary N) is 1. The van der Waals surface area contributed by atoms with Crippen LogP contribution in [0.25, 0.3) is 0 Å². The molecule has 0 spiro atoms. The molecule has 1 heterocycles. The van der Waals surface area contributed by atoms with Gasteiger partial charge in [0.1, 0.15) is 11.6 Å². The van der Waals surface area contributed by atoms with Gasteiger partial charge in [-0.25, -0.2) is 4.79 Å². The maximum absolute atomic E-state index is 12.2. The Morgan fingerprint density at radius 3 is 2.48 bits per heavy atom. The minimum atomic E-state index is -4.51. The van der Waals surface area contributed by atoms with Gasteiger partial charge in [-0.3, -0.25) is 10.1 Å². The molecule has 1 unspecified atom stereocenters. The lowest BCUT2D eigenvalue weighted by molar-refractivity contribution is -0.145. The molecule has 7 nitrogen and oxygen atoms in total. The molecule has 1 amide bonds. The summed E-state index contributed by atoms with van der Waals surface area (Å²) in [6.45, 7) is 3.93. The third-order valence-electron chi connectivity index (χ3n) is 3.45. The van der Waals surface area contributed by atoms with E-state index in [1.807, 2.05) is 5.32 Å². The first-order chi connectivity index (χ1) is 11.4. The van der Waals surface area contributed by atoms with Crippen molar-refractivity contribution in [3.8, 4) is 0 Å². The van der Waals surface area contributed by atoms with Crippen LogP contribution >= 0.6 is 0 Å². The molecule has 2 N–H and O–H groups in total. The Balaban J connectivity index is 2.46. The fraction of sp³-hybridized carbons (Fsp3) is 0.867. The van der Waals surface area contributed by atoms with Crippen molar-refractivity contribution in [2.24, 2.45) is 0 Å². The molecule has 1 saturated heterocycles. The third-order valence-corrected chi connectivity index (χ3v) is 3.45. The maximum atomic E-state index is 12.2. The summed E-state index contributed by atoms with van der Waals surface area (Å²) in [5, 5.41) is 10.8. The first-order valence-electron chi connectivity index (χ1n) is 7.99. The van der Waals surface area contributed by atoms with Crippen LogP contribution in [0.2, 0.25) is 0 Å². The summed E-state index contributed by atoms with van der Waals surface area (Å²) < 4.78 is 47.1. The van der Waals surface area contributed by atoms with E-state index < -0.39 is 43.0 Å². The number of carbonyl (C=O) groups excluding carboxylic acids is 1. The second kappa shape index (κ2) is 8.70. The van der Waals surface area contributed by atoms with E-state index >= 15 is 0 Å². The van der Waals surface area contributed by atoms with Crippen LogP contribution in [0, 0.1) is 0 Å². The van der Waals surface area contributed by atoms with Gasteiger partial charge in [-0.1, -0.05) is 0 Å². The van der Waals surface area contributed by atoms with Gasteiger partial charge in [-0.15, -0.1) is 0 Å². The van der Waals surface area contributed by atoms with Gasteiger partial charge in [0, 0.05) is 6.54 Å². The van der Waals surface area contributed by atoms with Crippen molar-refractivity contribution in [2.75, 3.05) is 26.3 Å². The summed E-state index contributed by atoms with van der Waals surface area (Å²) in [4.78, 5) is 24.6. The molecule has 0 saturated carbocycles. The Morgan fingerprint density at radius 1 is 1.32 bits per heavy atom. The van der Waals surface area contributed by atoms with Crippen molar-refractivity contribution in [3.05, 3.63) is 0 Å². The molecule has 0 aromatic rings. The Kier molecular flexibility index (Phi) is 7.48. The Labute approximate surface area is 144 Å². The molecule has 25 heavy (non-hydrogen) atoms. The number of nitrogens with zero attached hydrogens (tertiary/aromatic N) is 1. The highest BCUT2D eigenvalue weighted by atomic mass is 19.4. The number of rotatable bonds is 7. The monoisotopic (exact) mass is 370 g/mol. The predicted molar refractivity (Wildman–Crippen MR) is 82.3 cm³/mol. The van der Waals surface area contributed by atoms with Crippen molar-refractivity contribution in [3.63, 3.8) is 0 Å². The molecule has 2 atom stereocenters. The summed E-state index contributed by atoms with van der Waals surface area (Å²) in [6.07, 6.45) is -3.58. The normalized spacial score (nSPS) is 19.8. The van der Waals surface area contributed by atoms with Gasteiger partial charge in [-0.2, -0.15) is 13.2 Å². The van der Waals surface area contributed by atoms with Crippen LogP contribution < -0.4 is 5.32 Å². The average Bonchev–Trinajstić information content (AvgIpc) is 2.87. The number of hydrogen-bond donors (Lipinski definition) is 2. The van der Waals surface area contributed by atoms with Crippen LogP contribution in [0.1, 0.15) is 33.6 Å². The van der Waals surface area contributed by atoms with Crippen LogP contribution in [-0.2, 0) is 14.3 Å². The Hall–Kier alpha value is -1.55. The summed E-state index contributed by atoms with van der Waals surface area (Å²) in [7, 11) is 0. The maximum Gasteiger partial charge on any atom is 0.410 e. The van der Waals surface area contributed by atoms with Gasteiger partial charge < -0.3 is 19.5 Å². The smallest absolute Gasteiger partial charge is 0.410 e. The number of ether oxygens (including phenoxy) is 2. The van der Waals surface area contributed by atoms with Crippen molar-refractivity contribution >= 4 is 12.1 Å². The molecule has 1 fully saturated rings. The van der Waals surface area contributed by atoms with Crippen LogP contribution in [0.3, 0.4) is 0 Å². The number of alkyl halides is 3. The SMILES string of the molecule is CC(C)(C)OC(=O)N1CCC[C@@H]1COCC(NCC(F)(F)F)C(=O)O. The van der Waals surface area contributed by atoms with Crippen molar-refractivity contribution < 1.29 is 37.3 Å². The summed E-state index contributed by atoms with van der Waals surface area (Å²) >= 11 is 0. The molecule has 146 valence electrons. The molecule has 0 aliphatic carbocycles. The highest BCUT2D eigenvalue weighted by Crippen LogP contribution is 2.21. The molecule has 10 heteroatoms. The van der Waals surface area contributed by atoms with Gasteiger partial charge in [0.25, 0.3) is 0 Å². The van der Waals surface area contributed by atoms with Crippen LogP contribution in [0.4, 0.5) is 18.0 Å². The minimum absolute atomic E-state index is 0.0384. The summed E-state index contributed by atoms with van der Waals surface area (Å²) in [5.41, 5.74) is -0.638. The number of aliphatic carboxylic acids is 1. The van der Waals surface area contributed by atoms with Gasteiger partial charge in [-0.05, 0) is 33.6 Å². The van der Waals surface area contributed by atoms with Crippen molar-refractivity contribution in [2.45, 2.75) is 57.5 Å². The fourth-order valence-corrected chi connectivity index (χ4v) is 2.35. The lowest BCUT2D eigenvalue weighted by atomic mass is 10.2. The van der Waals surface area contributed by atoms with E-state index in [2.05, 4.69) is 0 Å². The van der Waals surface area contributed by atoms with Crippen LogP contribution in [0.15, 0.2) is 0 Å². The zero-order valence-electron chi connectivity index (χ0n) is 14.6. The number of hydrogen-bond acceptors (Lipinski definition) is 5. The van der Waals surface area contributed by atoms with Gasteiger partial charge >= 0.3 is 18.2 Å². The van der Waals surface area contributed by atoms with Gasteiger partial charge in [0.2, 0.25) is 0 Å². The Bertz CT molecular complexity index is 465. The molecule has 1 rings (SSSR count). The predicted octanol–water partition coefficient (Wildman–Crippen LogP) is 2.01. The average molecular weight is 370 g/mol. The van der Waals surface area contributed by atoms with E-state index in [0.29, 0.717) is 13.0 Å². The first-order valence-corrected chi connectivity index (χ1v) is 7.99. The highest BCUT2D eigenvalue weighted by molar-refractivity contribution is 5.73. The van der Waals surface area contributed by atoms with E-state index in [1.165, 1.54) is 4.90 Å². The number of amides is 1.